The van der Waals surface area contributed by atoms with Gasteiger partial charge in [0.1, 0.15) is 12.4 Å². The Morgan fingerprint density at radius 3 is 2.36 bits per heavy atom. The molecule has 0 N–H and O–H groups in total. The van der Waals surface area contributed by atoms with E-state index in [9.17, 15) is 0 Å². The summed E-state index contributed by atoms with van der Waals surface area (Å²) in [6, 6.07) is 15.9. The van der Waals surface area contributed by atoms with Crippen molar-refractivity contribution in [1.29, 1.82) is 0 Å². The highest BCUT2D eigenvalue weighted by Gasteiger charge is 2.08. The first-order chi connectivity index (χ1) is 12.2. The van der Waals surface area contributed by atoms with Crippen molar-refractivity contribution < 1.29 is 14.2 Å². The second kappa shape index (κ2) is 7.71. The Kier molecular flexibility index (Phi) is 5.19. The third kappa shape index (κ3) is 3.91. The van der Waals surface area contributed by atoms with Gasteiger partial charge in [-0.25, -0.2) is 0 Å². The number of aryl methyl sites for hydroxylation is 1. The van der Waals surface area contributed by atoms with Gasteiger partial charge in [-0.05, 0) is 42.3 Å². The molecule has 1 heterocycles. The van der Waals surface area contributed by atoms with E-state index in [1.807, 2.05) is 61.8 Å². The number of benzene rings is 2. The zero-order valence-electron chi connectivity index (χ0n) is 14.7. The van der Waals surface area contributed by atoms with Gasteiger partial charge in [-0.1, -0.05) is 24.3 Å². The van der Waals surface area contributed by atoms with Crippen LogP contribution in [0.15, 0.2) is 60.9 Å². The van der Waals surface area contributed by atoms with Gasteiger partial charge in [-0.3, -0.25) is 4.98 Å². The summed E-state index contributed by atoms with van der Waals surface area (Å²) in [7, 11) is 3.26. The standard InChI is InChI=1S/C21H21NO3/c1-15-6-4-5-7-19(15)25-14-16-10-18(13-22-12-16)17-8-9-20(23-2)21(11-17)24-3/h4-13H,14H2,1-3H3. The molecule has 0 bridgehead atoms. The Morgan fingerprint density at radius 2 is 1.60 bits per heavy atom. The average Bonchev–Trinajstić information content (AvgIpc) is 2.67. The third-order valence-electron chi connectivity index (χ3n) is 4.00. The summed E-state index contributed by atoms with van der Waals surface area (Å²) < 4.78 is 16.6. The second-order valence-electron chi connectivity index (χ2n) is 5.71. The van der Waals surface area contributed by atoms with Gasteiger partial charge in [-0.15, -0.1) is 0 Å². The van der Waals surface area contributed by atoms with Crippen LogP contribution in [-0.4, -0.2) is 19.2 Å². The Labute approximate surface area is 148 Å². The van der Waals surface area contributed by atoms with Crippen molar-refractivity contribution in [2.45, 2.75) is 13.5 Å². The molecule has 128 valence electrons. The first kappa shape index (κ1) is 16.8. The molecule has 3 aromatic rings. The highest BCUT2D eigenvalue weighted by molar-refractivity contribution is 5.67. The summed E-state index contributed by atoms with van der Waals surface area (Å²) >= 11 is 0. The van der Waals surface area contributed by atoms with Crippen LogP contribution in [0.5, 0.6) is 17.2 Å². The minimum Gasteiger partial charge on any atom is -0.493 e. The van der Waals surface area contributed by atoms with Crippen LogP contribution in [0.1, 0.15) is 11.1 Å². The number of aromatic nitrogens is 1. The molecule has 0 atom stereocenters. The van der Waals surface area contributed by atoms with Gasteiger partial charge in [0.15, 0.2) is 11.5 Å². The minimum atomic E-state index is 0.471. The SMILES string of the molecule is COc1ccc(-c2cncc(COc3ccccc3C)c2)cc1OC. The van der Waals surface area contributed by atoms with Crippen molar-refractivity contribution >= 4 is 0 Å². The summed E-state index contributed by atoms with van der Waals surface area (Å²) in [5.74, 6) is 2.29. The molecule has 4 heteroatoms. The lowest BCUT2D eigenvalue weighted by molar-refractivity contribution is 0.303. The molecular formula is C21H21NO3. The van der Waals surface area contributed by atoms with Crippen molar-refractivity contribution in [3.05, 3.63) is 72.1 Å². The van der Waals surface area contributed by atoms with Crippen LogP contribution in [0.3, 0.4) is 0 Å². The van der Waals surface area contributed by atoms with Crippen LogP contribution in [-0.2, 0) is 6.61 Å². The smallest absolute Gasteiger partial charge is 0.161 e. The Balaban J connectivity index is 1.81. The quantitative estimate of drug-likeness (QED) is 0.657. The molecule has 0 amide bonds. The predicted molar refractivity (Wildman–Crippen MR) is 98.3 cm³/mol. The van der Waals surface area contributed by atoms with Gasteiger partial charge < -0.3 is 14.2 Å². The van der Waals surface area contributed by atoms with E-state index in [1.54, 1.807) is 14.2 Å². The molecule has 0 spiro atoms. The number of ether oxygens (including phenoxy) is 3. The molecule has 0 aliphatic heterocycles. The minimum absolute atomic E-state index is 0.471. The maximum absolute atomic E-state index is 5.91. The van der Waals surface area contributed by atoms with Crippen LogP contribution in [0.2, 0.25) is 0 Å². The third-order valence-corrected chi connectivity index (χ3v) is 4.00. The Morgan fingerprint density at radius 1 is 0.800 bits per heavy atom. The van der Waals surface area contributed by atoms with E-state index in [4.69, 9.17) is 14.2 Å². The molecule has 1 aromatic heterocycles. The summed E-state index contributed by atoms with van der Waals surface area (Å²) in [5.41, 5.74) is 4.15. The van der Waals surface area contributed by atoms with E-state index >= 15 is 0 Å². The van der Waals surface area contributed by atoms with E-state index in [0.717, 1.165) is 28.0 Å². The maximum Gasteiger partial charge on any atom is 0.161 e. The lowest BCUT2D eigenvalue weighted by Crippen LogP contribution is -1.98. The topological polar surface area (TPSA) is 40.6 Å². The number of methoxy groups -OCH3 is 2. The van der Waals surface area contributed by atoms with Crippen molar-refractivity contribution in [3.63, 3.8) is 0 Å². The zero-order chi connectivity index (χ0) is 17.6. The van der Waals surface area contributed by atoms with Crippen molar-refractivity contribution in [2.75, 3.05) is 14.2 Å². The van der Waals surface area contributed by atoms with E-state index in [0.29, 0.717) is 18.1 Å². The molecule has 0 saturated carbocycles. The van der Waals surface area contributed by atoms with Crippen molar-refractivity contribution in [3.8, 4) is 28.4 Å². The van der Waals surface area contributed by atoms with Crippen LogP contribution >= 0.6 is 0 Å². The fraction of sp³-hybridized carbons (Fsp3) is 0.190. The fourth-order valence-electron chi connectivity index (χ4n) is 2.62. The molecule has 0 radical (unpaired) electrons. The van der Waals surface area contributed by atoms with E-state index in [-0.39, 0.29) is 0 Å². The number of pyridine rings is 1. The van der Waals surface area contributed by atoms with Gasteiger partial charge in [0.2, 0.25) is 0 Å². The molecule has 25 heavy (non-hydrogen) atoms. The first-order valence-electron chi connectivity index (χ1n) is 8.06. The number of para-hydroxylation sites is 1. The summed E-state index contributed by atoms with van der Waals surface area (Å²) in [6.45, 7) is 2.51. The lowest BCUT2D eigenvalue weighted by atomic mass is 10.1. The molecule has 3 rings (SSSR count). The normalized spacial score (nSPS) is 10.4. The van der Waals surface area contributed by atoms with E-state index in [2.05, 4.69) is 11.1 Å². The van der Waals surface area contributed by atoms with Crippen LogP contribution in [0.25, 0.3) is 11.1 Å². The van der Waals surface area contributed by atoms with Gasteiger partial charge in [-0.2, -0.15) is 0 Å². The zero-order valence-corrected chi connectivity index (χ0v) is 14.7. The number of rotatable bonds is 6. The monoisotopic (exact) mass is 335 g/mol. The maximum atomic E-state index is 5.91. The largest absolute Gasteiger partial charge is 0.493 e. The van der Waals surface area contributed by atoms with Gasteiger partial charge in [0.05, 0.1) is 14.2 Å². The van der Waals surface area contributed by atoms with Crippen LogP contribution in [0, 0.1) is 6.92 Å². The van der Waals surface area contributed by atoms with Crippen LogP contribution < -0.4 is 14.2 Å². The summed E-state index contributed by atoms with van der Waals surface area (Å²) in [5, 5.41) is 0. The molecule has 4 nitrogen and oxygen atoms in total. The lowest BCUT2D eigenvalue weighted by Gasteiger charge is -2.11. The molecule has 0 aliphatic carbocycles. The Bertz CT molecular complexity index is 861. The number of hydrogen-bond acceptors (Lipinski definition) is 4. The van der Waals surface area contributed by atoms with E-state index < -0.39 is 0 Å². The highest BCUT2D eigenvalue weighted by atomic mass is 16.5. The first-order valence-corrected chi connectivity index (χ1v) is 8.06. The van der Waals surface area contributed by atoms with Gasteiger partial charge in [0, 0.05) is 23.5 Å². The number of hydrogen-bond donors (Lipinski definition) is 0. The van der Waals surface area contributed by atoms with Gasteiger partial charge in [0.25, 0.3) is 0 Å². The van der Waals surface area contributed by atoms with Crippen molar-refractivity contribution in [2.24, 2.45) is 0 Å². The summed E-state index contributed by atoms with van der Waals surface area (Å²) in [6.07, 6.45) is 3.65. The molecule has 0 aliphatic rings. The molecule has 2 aromatic carbocycles. The van der Waals surface area contributed by atoms with Gasteiger partial charge >= 0.3 is 0 Å². The predicted octanol–water partition coefficient (Wildman–Crippen LogP) is 4.65. The number of nitrogens with zero attached hydrogens (tertiary/aromatic N) is 1. The molecule has 0 saturated heterocycles. The summed E-state index contributed by atoms with van der Waals surface area (Å²) in [4.78, 5) is 4.34. The molecular weight excluding hydrogens is 314 g/mol. The van der Waals surface area contributed by atoms with Crippen molar-refractivity contribution in [1.82, 2.24) is 4.98 Å². The molecule has 0 fully saturated rings. The van der Waals surface area contributed by atoms with E-state index in [1.165, 1.54) is 0 Å². The average molecular weight is 335 g/mol. The fourth-order valence-corrected chi connectivity index (χ4v) is 2.62. The van der Waals surface area contributed by atoms with Crippen LogP contribution in [0.4, 0.5) is 0 Å². The molecule has 0 unspecified atom stereocenters. The highest BCUT2D eigenvalue weighted by Crippen LogP contribution is 2.32. The second-order valence-corrected chi connectivity index (χ2v) is 5.71. The Hall–Kier alpha value is -3.01.